The highest BCUT2D eigenvalue weighted by molar-refractivity contribution is 6.31. The van der Waals surface area contributed by atoms with Crippen molar-refractivity contribution < 1.29 is 9.84 Å². The summed E-state index contributed by atoms with van der Waals surface area (Å²) in [6.45, 7) is 0.475. The SMILES string of the molecule is Oc1cc(Cl)cc2cc3c(nc12)-c1ccccc1OC3. The fraction of sp³-hybridized carbons (Fsp3) is 0.0625. The second-order valence-corrected chi connectivity index (χ2v) is 5.21. The average molecular weight is 284 g/mol. The number of aromatic nitrogens is 1. The van der Waals surface area contributed by atoms with Gasteiger partial charge in [0.2, 0.25) is 0 Å². The predicted molar refractivity (Wildman–Crippen MR) is 78.2 cm³/mol. The zero-order chi connectivity index (χ0) is 13.7. The summed E-state index contributed by atoms with van der Waals surface area (Å²) in [5.74, 6) is 0.916. The Balaban J connectivity index is 2.06. The highest BCUT2D eigenvalue weighted by Gasteiger charge is 2.19. The molecule has 2 aromatic carbocycles. The highest BCUT2D eigenvalue weighted by atomic mass is 35.5. The van der Waals surface area contributed by atoms with E-state index in [2.05, 4.69) is 4.98 Å². The first-order chi connectivity index (χ1) is 9.72. The maximum absolute atomic E-state index is 10.0. The third kappa shape index (κ3) is 1.63. The van der Waals surface area contributed by atoms with Crippen LogP contribution in [0.2, 0.25) is 5.02 Å². The van der Waals surface area contributed by atoms with E-state index in [0.29, 0.717) is 17.1 Å². The number of hydrogen-bond acceptors (Lipinski definition) is 3. The molecule has 0 bridgehead atoms. The number of nitrogens with zero attached hydrogens (tertiary/aromatic N) is 1. The van der Waals surface area contributed by atoms with Crippen LogP contribution in [-0.4, -0.2) is 10.1 Å². The first-order valence-corrected chi connectivity index (χ1v) is 6.64. The van der Waals surface area contributed by atoms with E-state index in [1.807, 2.05) is 30.3 Å². The van der Waals surface area contributed by atoms with Crippen molar-refractivity contribution in [2.45, 2.75) is 6.61 Å². The Morgan fingerprint density at radius 2 is 2.00 bits per heavy atom. The molecule has 1 aliphatic heterocycles. The van der Waals surface area contributed by atoms with Gasteiger partial charge in [0, 0.05) is 27.6 Å². The van der Waals surface area contributed by atoms with Crippen molar-refractivity contribution in [1.82, 2.24) is 4.98 Å². The second-order valence-electron chi connectivity index (χ2n) is 4.78. The molecule has 4 heteroatoms. The van der Waals surface area contributed by atoms with Crippen LogP contribution < -0.4 is 4.74 Å². The number of ether oxygens (including phenoxy) is 1. The zero-order valence-corrected chi connectivity index (χ0v) is 11.2. The van der Waals surface area contributed by atoms with E-state index in [4.69, 9.17) is 16.3 Å². The van der Waals surface area contributed by atoms with Gasteiger partial charge in [-0.05, 0) is 24.3 Å². The van der Waals surface area contributed by atoms with E-state index < -0.39 is 0 Å². The van der Waals surface area contributed by atoms with Gasteiger partial charge in [-0.1, -0.05) is 23.7 Å². The van der Waals surface area contributed by atoms with Gasteiger partial charge in [0.15, 0.2) is 0 Å². The van der Waals surface area contributed by atoms with Gasteiger partial charge in [0.05, 0.1) is 5.69 Å². The number of rotatable bonds is 0. The van der Waals surface area contributed by atoms with Crippen molar-refractivity contribution in [2.24, 2.45) is 0 Å². The van der Waals surface area contributed by atoms with Gasteiger partial charge >= 0.3 is 0 Å². The minimum absolute atomic E-state index is 0.0965. The molecule has 0 unspecified atom stereocenters. The van der Waals surface area contributed by atoms with Crippen molar-refractivity contribution in [3.63, 3.8) is 0 Å². The first kappa shape index (κ1) is 11.6. The molecule has 0 aliphatic carbocycles. The number of hydrogen-bond donors (Lipinski definition) is 1. The largest absolute Gasteiger partial charge is 0.506 e. The van der Waals surface area contributed by atoms with Gasteiger partial charge in [0.25, 0.3) is 0 Å². The molecule has 20 heavy (non-hydrogen) atoms. The lowest BCUT2D eigenvalue weighted by Gasteiger charge is -2.20. The van der Waals surface area contributed by atoms with Crippen molar-refractivity contribution in [3.05, 3.63) is 53.1 Å². The third-order valence-electron chi connectivity index (χ3n) is 3.47. The number of phenolic OH excluding ortho intramolecular Hbond substituents is 1. The van der Waals surface area contributed by atoms with Gasteiger partial charge in [-0.15, -0.1) is 0 Å². The topological polar surface area (TPSA) is 42.4 Å². The van der Waals surface area contributed by atoms with Crippen LogP contribution in [0.4, 0.5) is 0 Å². The summed E-state index contributed by atoms with van der Waals surface area (Å²) in [5, 5.41) is 11.3. The number of fused-ring (bicyclic) bond motifs is 4. The van der Waals surface area contributed by atoms with E-state index in [-0.39, 0.29) is 5.75 Å². The molecule has 0 saturated heterocycles. The fourth-order valence-electron chi connectivity index (χ4n) is 2.56. The van der Waals surface area contributed by atoms with Crippen LogP contribution in [0.3, 0.4) is 0 Å². The minimum atomic E-state index is 0.0965. The van der Waals surface area contributed by atoms with E-state index in [1.165, 1.54) is 6.07 Å². The lowest BCUT2D eigenvalue weighted by atomic mass is 10.0. The summed E-state index contributed by atoms with van der Waals surface area (Å²) >= 11 is 5.97. The summed E-state index contributed by atoms with van der Waals surface area (Å²) < 4.78 is 5.72. The predicted octanol–water partition coefficient (Wildman–Crippen LogP) is 4.15. The van der Waals surface area contributed by atoms with E-state index in [9.17, 15) is 5.11 Å². The quantitative estimate of drug-likeness (QED) is 0.674. The molecule has 0 fully saturated rings. The molecule has 0 radical (unpaired) electrons. The molecule has 0 spiro atoms. The first-order valence-electron chi connectivity index (χ1n) is 6.27. The smallest absolute Gasteiger partial charge is 0.143 e. The lowest BCUT2D eigenvalue weighted by Crippen LogP contribution is -2.07. The average Bonchev–Trinajstić information content (AvgIpc) is 2.45. The monoisotopic (exact) mass is 283 g/mol. The van der Waals surface area contributed by atoms with Crippen molar-refractivity contribution in [1.29, 1.82) is 0 Å². The molecule has 1 aliphatic rings. The van der Waals surface area contributed by atoms with E-state index in [0.717, 1.165) is 28.0 Å². The maximum atomic E-state index is 10.0. The summed E-state index contributed by atoms with van der Waals surface area (Å²) in [4.78, 5) is 4.61. The van der Waals surface area contributed by atoms with Gasteiger partial charge < -0.3 is 9.84 Å². The molecule has 2 heterocycles. The molecule has 1 aromatic heterocycles. The Hall–Kier alpha value is -2.26. The molecular formula is C16H10ClNO2. The molecule has 0 saturated carbocycles. The standard InChI is InChI=1S/C16H10ClNO2/c17-11-6-9-5-10-8-20-14-4-2-1-3-12(14)15(10)18-16(9)13(19)7-11/h1-7,19H,8H2. The minimum Gasteiger partial charge on any atom is -0.506 e. The molecule has 0 amide bonds. The molecule has 3 aromatic rings. The molecule has 0 atom stereocenters. The van der Waals surface area contributed by atoms with Crippen LogP contribution in [0.15, 0.2) is 42.5 Å². The van der Waals surface area contributed by atoms with Crippen LogP contribution in [-0.2, 0) is 6.61 Å². The highest BCUT2D eigenvalue weighted by Crippen LogP contribution is 2.39. The van der Waals surface area contributed by atoms with Gasteiger partial charge in [0.1, 0.15) is 23.6 Å². The Bertz CT molecular complexity index is 845. The third-order valence-corrected chi connectivity index (χ3v) is 3.69. The Morgan fingerprint density at radius 3 is 2.90 bits per heavy atom. The molecule has 3 nitrogen and oxygen atoms in total. The van der Waals surface area contributed by atoms with Gasteiger partial charge in [-0.3, -0.25) is 0 Å². The van der Waals surface area contributed by atoms with Gasteiger partial charge in [-0.2, -0.15) is 0 Å². The summed E-state index contributed by atoms with van der Waals surface area (Å²) in [7, 11) is 0. The van der Waals surface area contributed by atoms with Crippen molar-refractivity contribution >= 4 is 22.5 Å². The number of pyridine rings is 1. The Labute approximate surface area is 120 Å². The maximum Gasteiger partial charge on any atom is 0.143 e. The van der Waals surface area contributed by atoms with Crippen LogP contribution in [0.25, 0.3) is 22.2 Å². The van der Waals surface area contributed by atoms with Crippen LogP contribution in [0, 0.1) is 0 Å². The van der Waals surface area contributed by atoms with E-state index >= 15 is 0 Å². The van der Waals surface area contributed by atoms with Gasteiger partial charge in [-0.25, -0.2) is 4.98 Å². The molecule has 4 rings (SSSR count). The van der Waals surface area contributed by atoms with Crippen molar-refractivity contribution in [2.75, 3.05) is 0 Å². The van der Waals surface area contributed by atoms with E-state index in [1.54, 1.807) is 6.07 Å². The number of phenols is 1. The van der Waals surface area contributed by atoms with Crippen molar-refractivity contribution in [3.8, 4) is 22.8 Å². The molecule has 98 valence electrons. The summed E-state index contributed by atoms with van der Waals surface area (Å²) in [6.07, 6.45) is 0. The second kappa shape index (κ2) is 4.12. The number of benzene rings is 2. The Kier molecular flexibility index (Phi) is 2.38. The van der Waals surface area contributed by atoms with Crippen LogP contribution in [0.5, 0.6) is 11.5 Å². The lowest BCUT2D eigenvalue weighted by molar-refractivity contribution is 0.302. The van der Waals surface area contributed by atoms with Crippen LogP contribution in [0.1, 0.15) is 5.56 Å². The Morgan fingerprint density at radius 1 is 1.15 bits per heavy atom. The normalized spacial score (nSPS) is 12.7. The molecule has 1 N–H and O–H groups in total. The fourth-order valence-corrected chi connectivity index (χ4v) is 2.78. The summed E-state index contributed by atoms with van der Waals surface area (Å²) in [5.41, 5.74) is 3.37. The summed E-state index contributed by atoms with van der Waals surface area (Å²) in [6, 6.07) is 13.1. The molecular weight excluding hydrogens is 274 g/mol. The number of para-hydroxylation sites is 1. The van der Waals surface area contributed by atoms with Crippen LogP contribution >= 0.6 is 11.6 Å². The number of aromatic hydroxyl groups is 1. The number of halogens is 1. The zero-order valence-electron chi connectivity index (χ0n) is 10.4.